The van der Waals surface area contributed by atoms with Gasteiger partial charge in [-0.2, -0.15) is 0 Å². The molecule has 0 spiro atoms. The number of carbonyl (C=O) groups is 1. The number of rotatable bonds is 2. The van der Waals surface area contributed by atoms with E-state index in [2.05, 4.69) is 36.2 Å². The molecule has 1 aliphatic heterocycles. The third kappa shape index (κ3) is 2.31. The van der Waals surface area contributed by atoms with E-state index in [0.29, 0.717) is 11.8 Å². The molecule has 1 amide bonds. The van der Waals surface area contributed by atoms with E-state index >= 15 is 0 Å². The van der Waals surface area contributed by atoms with Gasteiger partial charge in [-0.05, 0) is 47.9 Å². The predicted molar refractivity (Wildman–Crippen MR) is 86.7 cm³/mol. The molecule has 1 aromatic heterocycles. The third-order valence-electron chi connectivity index (χ3n) is 4.83. The van der Waals surface area contributed by atoms with Crippen LogP contribution in [-0.2, 0) is 11.2 Å². The Morgan fingerprint density at radius 3 is 2.91 bits per heavy atom. The molecule has 1 aromatic carbocycles. The number of fused-ring (bicyclic) bond motifs is 1. The van der Waals surface area contributed by atoms with Crippen LogP contribution in [0.4, 0.5) is 5.69 Å². The van der Waals surface area contributed by atoms with E-state index in [1.54, 1.807) is 6.20 Å². The molecule has 0 N–H and O–H groups in total. The molecule has 0 unspecified atom stereocenters. The first-order valence-corrected chi connectivity index (χ1v) is 8.03. The van der Waals surface area contributed by atoms with Gasteiger partial charge in [-0.1, -0.05) is 31.2 Å². The molecule has 0 radical (unpaired) electrons. The van der Waals surface area contributed by atoms with Crippen molar-refractivity contribution in [2.75, 3.05) is 11.4 Å². The lowest BCUT2D eigenvalue weighted by molar-refractivity contribution is -0.120. The molecule has 1 saturated carbocycles. The van der Waals surface area contributed by atoms with Gasteiger partial charge >= 0.3 is 0 Å². The minimum atomic E-state index is 0.127. The largest absolute Gasteiger partial charge is 0.312 e. The molecule has 22 heavy (non-hydrogen) atoms. The number of para-hydroxylation sites is 1. The van der Waals surface area contributed by atoms with Crippen LogP contribution < -0.4 is 4.90 Å². The Bertz CT molecular complexity index is 698. The van der Waals surface area contributed by atoms with Gasteiger partial charge < -0.3 is 4.90 Å². The van der Waals surface area contributed by atoms with Crippen molar-refractivity contribution in [2.24, 2.45) is 11.8 Å². The quantitative estimate of drug-likeness (QED) is 0.850. The van der Waals surface area contributed by atoms with Gasteiger partial charge in [0.15, 0.2) is 0 Å². The number of nitrogens with zero attached hydrogens (tertiary/aromatic N) is 2. The Hall–Kier alpha value is -2.16. The first-order chi connectivity index (χ1) is 10.7. The molecule has 0 saturated heterocycles. The highest BCUT2D eigenvalue weighted by molar-refractivity contribution is 5.98. The van der Waals surface area contributed by atoms with Crippen molar-refractivity contribution < 1.29 is 4.79 Å². The molecular weight excluding hydrogens is 272 g/mol. The van der Waals surface area contributed by atoms with Crippen molar-refractivity contribution in [3.05, 3.63) is 59.9 Å². The maximum Gasteiger partial charge on any atom is 0.230 e. The zero-order valence-corrected chi connectivity index (χ0v) is 12.8. The maximum atomic E-state index is 13.0. The van der Waals surface area contributed by atoms with Crippen molar-refractivity contribution in [3.63, 3.8) is 0 Å². The molecule has 112 valence electrons. The topological polar surface area (TPSA) is 33.2 Å². The lowest BCUT2D eigenvalue weighted by atomic mass is 9.93. The SMILES string of the molecule is C[C@@H]1Cc2ccccc2N(C(=O)[C@H]2C[C@H]2c2cccnc2)C1. The van der Waals surface area contributed by atoms with Gasteiger partial charge in [0.2, 0.25) is 5.91 Å². The molecule has 4 rings (SSSR count). The average Bonchev–Trinajstić information content (AvgIpc) is 3.35. The fourth-order valence-electron chi connectivity index (χ4n) is 3.64. The van der Waals surface area contributed by atoms with Crippen molar-refractivity contribution >= 4 is 11.6 Å². The number of pyridine rings is 1. The lowest BCUT2D eigenvalue weighted by Gasteiger charge is -2.33. The van der Waals surface area contributed by atoms with Crippen molar-refractivity contribution in [1.82, 2.24) is 4.98 Å². The molecule has 2 heterocycles. The number of amides is 1. The molecule has 2 aliphatic rings. The van der Waals surface area contributed by atoms with Gasteiger partial charge in [-0.3, -0.25) is 9.78 Å². The number of hydrogen-bond acceptors (Lipinski definition) is 2. The second kappa shape index (κ2) is 5.24. The van der Waals surface area contributed by atoms with Crippen molar-refractivity contribution in [3.8, 4) is 0 Å². The Morgan fingerprint density at radius 1 is 1.23 bits per heavy atom. The zero-order chi connectivity index (χ0) is 15.1. The zero-order valence-electron chi connectivity index (χ0n) is 12.8. The molecule has 3 nitrogen and oxygen atoms in total. The van der Waals surface area contributed by atoms with E-state index in [1.807, 2.05) is 23.2 Å². The van der Waals surface area contributed by atoms with E-state index in [9.17, 15) is 4.79 Å². The highest BCUT2D eigenvalue weighted by atomic mass is 16.2. The Kier molecular flexibility index (Phi) is 3.21. The lowest BCUT2D eigenvalue weighted by Crippen LogP contribution is -2.40. The summed E-state index contributed by atoms with van der Waals surface area (Å²) in [4.78, 5) is 19.2. The van der Waals surface area contributed by atoms with Crippen LogP contribution in [-0.4, -0.2) is 17.4 Å². The minimum Gasteiger partial charge on any atom is -0.312 e. The minimum absolute atomic E-state index is 0.127. The van der Waals surface area contributed by atoms with Crippen LogP contribution in [0.2, 0.25) is 0 Å². The molecule has 2 aromatic rings. The molecular formula is C19H20N2O. The summed E-state index contributed by atoms with van der Waals surface area (Å²) in [6, 6.07) is 12.4. The van der Waals surface area contributed by atoms with Crippen LogP contribution in [0.1, 0.15) is 30.4 Å². The number of hydrogen-bond donors (Lipinski definition) is 0. The second-order valence-corrected chi connectivity index (χ2v) is 6.62. The summed E-state index contributed by atoms with van der Waals surface area (Å²) in [6.07, 6.45) is 5.70. The summed E-state index contributed by atoms with van der Waals surface area (Å²) in [7, 11) is 0. The molecule has 1 aliphatic carbocycles. The van der Waals surface area contributed by atoms with Gasteiger partial charge in [-0.25, -0.2) is 0 Å². The van der Waals surface area contributed by atoms with Crippen LogP contribution >= 0.6 is 0 Å². The number of benzene rings is 1. The second-order valence-electron chi connectivity index (χ2n) is 6.62. The van der Waals surface area contributed by atoms with Crippen LogP contribution in [0.3, 0.4) is 0 Å². The monoisotopic (exact) mass is 292 g/mol. The van der Waals surface area contributed by atoms with Gasteiger partial charge in [0, 0.05) is 30.5 Å². The summed E-state index contributed by atoms with van der Waals surface area (Å²) < 4.78 is 0. The molecule has 0 bridgehead atoms. The summed E-state index contributed by atoms with van der Waals surface area (Å²) in [5.41, 5.74) is 3.61. The summed E-state index contributed by atoms with van der Waals surface area (Å²) in [5.74, 6) is 1.29. The molecule has 1 fully saturated rings. The van der Waals surface area contributed by atoms with Gasteiger partial charge in [-0.15, -0.1) is 0 Å². The van der Waals surface area contributed by atoms with Crippen molar-refractivity contribution in [1.29, 1.82) is 0 Å². The summed E-state index contributed by atoms with van der Waals surface area (Å²) in [5, 5.41) is 0. The number of carbonyl (C=O) groups excluding carboxylic acids is 1. The average molecular weight is 292 g/mol. The predicted octanol–water partition coefficient (Wildman–Crippen LogP) is 3.41. The van der Waals surface area contributed by atoms with Crippen molar-refractivity contribution in [2.45, 2.75) is 25.7 Å². The van der Waals surface area contributed by atoms with E-state index in [-0.39, 0.29) is 11.8 Å². The first-order valence-electron chi connectivity index (χ1n) is 8.03. The van der Waals surface area contributed by atoms with Crippen LogP contribution in [0.25, 0.3) is 0 Å². The van der Waals surface area contributed by atoms with E-state index < -0.39 is 0 Å². The van der Waals surface area contributed by atoms with Gasteiger partial charge in [0.05, 0.1) is 0 Å². The molecule has 3 heteroatoms. The Labute approximate surface area is 131 Å². The van der Waals surface area contributed by atoms with Crippen LogP contribution in [0.15, 0.2) is 48.8 Å². The number of anilines is 1. The number of aromatic nitrogens is 1. The van der Waals surface area contributed by atoms with Crippen LogP contribution in [0, 0.1) is 11.8 Å². The normalized spacial score (nSPS) is 26.4. The smallest absolute Gasteiger partial charge is 0.230 e. The van der Waals surface area contributed by atoms with E-state index in [1.165, 1.54) is 11.1 Å². The van der Waals surface area contributed by atoms with Gasteiger partial charge in [0.25, 0.3) is 0 Å². The van der Waals surface area contributed by atoms with E-state index in [4.69, 9.17) is 0 Å². The highest BCUT2D eigenvalue weighted by Gasteiger charge is 2.47. The maximum absolute atomic E-state index is 13.0. The first kappa shape index (κ1) is 13.5. The summed E-state index contributed by atoms with van der Waals surface area (Å²) >= 11 is 0. The Morgan fingerprint density at radius 2 is 2.09 bits per heavy atom. The highest BCUT2D eigenvalue weighted by Crippen LogP contribution is 2.49. The summed E-state index contributed by atoms with van der Waals surface area (Å²) in [6.45, 7) is 3.06. The van der Waals surface area contributed by atoms with E-state index in [0.717, 1.165) is 25.1 Å². The standard InChI is InChI=1S/C19H20N2O/c1-13-9-14-5-2-3-7-18(14)21(12-13)19(22)17-10-16(17)15-6-4-8-20-11-15/h2-8,11,13,16-17H,9-10,12H2,1H3/t13-,16+,17+/m1/s1. The third-order valence-corrected chi connectivity index (χ3v) is 4.83. The fraction of sp³-hybridized carbons (Fsp3) is 0.368. The van der Waals surface area contributed by atoms with Crippen LogP contribution in [0.5, 0.6) is 0 Å². The Balaban J connectivity index is 1.57. The fourth-order valence-corrected chi connectivity index (χ4v) is 3.64. The molecule has 3 atom stereocenters. The van der Waals surface area contributed by atoms with Gasteiger partial charge in [0.1, 0.15) is 0 Å².